The number of nitrogens with zero attached hydrogens (tertiary/aromatic N) is 3. The summed E-state index contributed by atoms with van der Waals surface area (Å²) in [5.74, 6) is 0.516. The predicted molar refractivity (Wildman–Crippen MR) is 129 cm³/mol. The topological polar surface area (TPSA) is 30.7 Å². The zero-order valence-electron chi connectivity index (χ0n) is 17.5. The fraction of sp³-hybridized carbons (Fsp3) is 0.143. The predicted octanol–water partition coefficient (Wildman–Crippen LogP) is 6.80. The molecule has 0 bridgehead atoms. The molecule has 0 saturated heterocycles. The first-order chi connectivity index (χ1) is 15.8. The molecule has 0 spiro atoms. The molecule has 2 aromatic heterocycles. The van der Waals surface area contributed by atoms with Gasteiger partial charge in [-0.1, -0.05) is 103 Å². The van der Waals surface area contributed by atoms with E-state index in [4.69, 9.17) is 16.6 Å². The van der Waals surface area contributed by atoms with Crippen LogP contribution in [-0.2, 0) is 5.54 Å². The van der Waals surface area contributed by atoms with E-state index in [0.29, 0.717) is 11.1 Å². The summed E-state index contributed by atoms with van der Waals surface area (Å²) in [5, 5.41) is 1.50. The van der Waals surface area contributed by atoms with E-state index in [-0.39, 0.29) is 0 Å². The molecule has 156 valence electrons. The van der Waals surface area contributed by atoms with Crippen LogP contribution < -0.4 is 0 Å². The Bertz CT molecular complexity index is 1280. The molecule has 5 aromatic rings. The highest BCUT2D eigenvalue weighted by molar-refractivity contribution is 6.34. The molecule has 0 amide bonds. The zero-order chi connectivity index (χ0) is 21.5. The maximum Gasteiger partial charge on any atom is 0.146 e. The van der Waals surface area contributed by atoms with E-state index in [1.165, 1.54) is 35.1 Å². The lowest BCUT2D eigenvalue weighted by Crippen LogP contribution is -2.37. The molecule has 0 radical (unpaired) electrons. The van der Waals surface area contributed by atoms with Crippen molar-refractivity contribution in [3.8, 4) is 0 Å². The molecule has 0 aliphatic heterocycles. The van der Waals surface area contributed by atoms with Gasteiger partial charge in [0.2, 0.25) is 0 Å². The first-order valence-corrected chi connectivity index (χ1v) is 11.4. The number of halogens is 1. The van der Waals surface area contributed by atoms with Crippen molar-refractivity contribution >= 4 is 22.6 Å². The number of rotatable bonds is 5. The van der Waals surface area contributed by atoms with E-state index in [9.17, 15) is 0 Å². The summed E-state index contributed by atoms with van der Waals surface area (Å²) in [6, 6.07) is 32.0. The Morgan fingerprint density at radius 1 is 0.719 bits per heavy atom. The number of hydrogen-bond acceptors (Lipinski definition) is 2. The zero-order valence-corrected chi connectivity index (χ0v) is 18.3. The monoisotopic (exact) mass is 435 g/mol. The van der Waals surface area contributed by atoms with Crippen molar-refractivity contribution in [3.05, 3.63) is 131 Å². The molecule has 0 N–H and O–H groups in total. The Labute approximate surface area is 192 Å². The Balaban J connectivity index is 1.80. The third-order valence-electron chi connectivity index (χ3n) is 6.52. The molecule has 3 aromatic carbocycles. The Hall–Kier alpha value is -3.43. The van der Waals surface area contributed by atoms with E-state index in [1.807, 2.05) is 0 Å². The SMILES string of the molecule is Clc1ncnc2c1c(C1CC1)cn2C(c1ccccc1)(c1ccccc1)c1ccccc1. The Kier molecular flexibility index (Phi) is 4.58. The molecule has 1 aliphatic carbocycles. The van der Waals surface area contributed by atoms with Gasteiger partial charge in [-0.3, -0.25) is 0 Å². The van der Waals surface area contributed by atoms with Crippen molar-refractivity contribution in [1.29, 1.82) is 0 Å². The number of benzene rings is 3. The van der Waals surface area contributed by atoms with Crippen LogP contribution in [0.5, 0.6) is 0 Å². The van der Waals surface area contributed by atoms with Gasteiger partial charge in [0.15, 0.2) is 0 Å². The fourth-order valence-corrected chi connectivity index (χ4v) is 5.20. The summed E-state index contributed by atoms with van der Waals surface area (Å²) in [6.07, 6.45) is 6.21. The fourth-order valence-electron chi connectivity index (χ4n) is 4.97. The first-order valence-electron chi connectivity index (χ1n) is 11.0. The van der Waals surface area contributed by atoms with E-state index < -0.39 is 5.54 Å². The number of aromatic nitrogens is 3. The minimum absolute atomic E-state index is 0.516. The highest BCUT2D eigenvalue weighted by Crippen LogP contribution is 2.49. The second-order valence-electron chi connectivity index (χ2n) is 8.40. The molecule has 6 rings (SSSR count). The Morgan fingerprint density at radius 3 is 1.69 bits per heavy atom. The lowest BCUT2D eigenvalue weighted by atomic mass is 9.76. The molecule has 0 unspecified atom stereocenters. The van der Waals surface area contributed by atoms with E-state index in [2.05, 4.69) is 107 Å². The Morgan fingerprint density at radius 2 is 1.22 bits per heavy atom. The maximum atomic E-state index is 6.67. The van der Waals surface area contributed by atoms with Crippen LogP contribution in [0.1, 0.15) is 41.0 Å². The number of fused-ring (bicyclic) bond motifs is 1. The van der Waals surface area contributed by atoms with Crippen molar-refractivity contribution < 1.29 is 0 Å². The van der Waals surface area contributed by atoms with Gasteiger partial charge in [0.25, 0.3) is 0 Å². The maximum absolute atomic E-state index is 6.67. The van der Waals surface area contributed by atoms with Crippen LogP contribution in [-0.4, -0.2) is 14.5 Å². The van der Waals surface area contributed by atoms with E-state index >= 15 is 0 Å². The van der Waals surface area contributed by atoms with Crippen molar-refractivity contribution in [2.75, 3.05) is 0 Å². The molecule has 0 atom stereocenters. The van der Waals surface area contributed by atoms with Crippen LogP contribution in [0.3, 0.4) is 0 Å². The third-order valence-corrected chi connectivity index (χ3v) is 6.81. The van der Waals surface area contributed by atoms with Crippen molar-refractivity contribution in [2.45, 2.75) is 24.3 Å². The minimum atomic E-state index is -0.604. The van der Waals surface area contributed by atoms with Gasteiger partial charge in [0.05, 0.1) is 5.39 Å². The van der Waals surface area contributed by atoms with Crippen LogP contribution >= 0.6 is 11.6 Å². The van der Waals surface area contributed by atoms with Crippen LogP contribution in [0, 0.1) is 0 Å². The van der Waals surface area contributed by atoms with E-state index in [1.54, 1.807) is 6.33 Å². The molecular formula is C28H22ClN3. The number of hydrogen-bond donors (Lipinski definition) is 0. The average Bonchev–Trinajstić information content (AvgIpc) is 3.63. The van der Waals surface area contributed by atoms with Gasteiger partial charge in [-0.15, -0.1) is 0 Å². The normalized spacial score (nSPS) is 14.0. The summed E-state index contributed by atoms with van der Waals surface area (Å²) in [7, 11) is 0. The van der Waals surface area contributed by atoms with Gasteiger partial charge in [-0.25, -0.2) is 9.97 Å². The molecule has 4 heteroatoms. The molecule has 32 heavy (non-hydrogen) atoms. The molecule has 2 heterocycles. The molecule has 1 saturated carbocycles. The third kappa shape index (κ3) is 2.89. The minimum Gasteiger partial charge on any atom is -0.314 e. The standard InChI is InChI=1S/C28H22ClN3/c29-26-25-24(20-16-17-20)18-32(27(25)31-19-30-26)28(21-10-4-1-5-11-21,22-12-6-2-7-13-22)23-14-8-3-9-15-23/h1-15,18-20H,16-17H2. The van der Waals surface area contributed by atoms with Crippen LogP contribution in [0.15, 0.2) is 104 Å². The highest BCUT2D eigenvalue weighted by atomic mass is 35.5. The van der Waals surface area contributed by atoms with E-state index in [0.717, 1.165) is 11.0 Å². The van der Waals surface area contributed by atoms with Gasteiger partial charge in [0, 0.05) is 6.20 Å². The van der Waals surface area contributed by atoms with Gasteiger partial charge in [-0.2, -0.15) is 0 Å². The summed E-state index contributed by atoms with van der Waals surface area (Å²) < 4.78 is 2.32. The van der Waals surface area contributed by atoms with Gasteiger partial charge in [-0.05, 0) is 41.0 Å². The van der Waals surface area contributed by atoms with Crippen molar-refractivity contribution in [3.63, 3.8) is 0 Å². The second kappa shape index (κ2) is 7.61. The van der Waals surface area contributed by atoms with Crippen molar-refractivity contribution in [2.24, 2.45) is 0 Å². The van der Waals surface area contributed by atoms with Gasteiger partial charge < -0.3 is 4.57 Å². The largest absolute Gasteiger partial charge is 0.314 e. The molecule has 1 fully saturated rings. The van der Waals surface area contributed by atoms with Crippen LogP contribution in [0.2, 0.25) is 5.15 Å². The molecular weight excluding hydrogens is 414 g/mol. The lowest BCUT2D eigenvalue weighted by Gasteiger charge is -2.38. The lowest BCUT2D eigenvalue weighted by molar-refractivity contribution is 0.528. The second-order valence-corrected chi connectivity index (χ2v) is 8.76. The quantitative estimate of drug-likeness (QED) is 0.224. The van der Waals surface area contributed by atoms with Crippen molar-refractivity contribution in [1.82, 2.24) is 14.5 Å². The summed E-state index contributed by atoms with van der Waals surface area (Å²) in [6.45, 7) is 0. The molecule has 1 aliphatic rings. The summed E-state index contributed by atoms with van der Waals surface area (Å²) in [5.41, 5.74) is 5.03. The van der Waals surface area contributed by atoms with Gasteiger partial charge in [0.1, 0.15) is 22.7 Å². The summed E-state index contributed by atoms with van der Waals surface area (Å²) in [4.78, 5) is 9.12. The highest BCUT2D eigenvalue weighted by Gasteiger charge is 2.41. The van der Waals surface area contributed by atoms with Crippen LogP contribution in [0.4, 0.5) is 0 Å². The smallest absolute Gasteiger partial charge is 0.146 e. The average molecular weight is 436 g/mol. The summed E-state index contributed by atoms with van der Waals surface area (Å²) >= 11 is 6.67. The van der Waals surface area contributed by atoms with Crippen LogP contribution in [0.25, 0.3) is 11.0 Å². The molecule has 3 nitrogen and oxygen atoms in total. The van der Waals surface area contributed by atoms with Gasteiger partial charge >= 0.3 is 0 Å². The first kappa shape index (κ1) is 19.3.